The minimum atomic E-state index is -0.213. The molecule has 0 aliphatic carbocycles. The van der Waals surface area contributed by atoms with E-state index < -0.39 is 0 Å². The number of anilines is 3. The number of amides is 2. The fourth-order valence-corrected chi connectivity index (χ4v) is 3.81. The van der Waals surface area contributed by atoms with Crippen molar-refractivity contribution in [2.24, 2.45) is 5.92 Å². The lowest BCUT2D eigenvalue weighted by molar-refractivity contribution is -0.120. The molecule has 3 heterocycles. The molecule has 0 unspecified atom stereocenters. The van der Waals surface area contributed by atoms with E-state index >= 15 is 0 Å². The van der Waals surface area contributed by atoms with Gasteiger partial charge in [0.1, 0.15) is 6.07 Å². The minimum absolute atomic E-state index is 0.131. The van der Waals surface area contributed by atoms with E-state index in [0.717, 1.165) is 0 Å². The van der Waals surface area contributed by atoms with Crippen molar-refractivity contribution in [1.29, 1.82) is 5.26 Å². The standard InChI is InChI=1S/C22H20ClN5O4/c1-13(29)25-15-4-5-17(16(23)11-15)26-20(30)14-6-8-28(9-7-14)22-18(12-24)27-21(32-22)19-3-2-10-31-19/h2-5,10-11,14H,6-9H2,1H3,(H,25,29)(H,26,30). The molecule has 0 bridgehead atoms. The monoisotopic (exact) mass is 453 g/mol. The molecule has 1 aliphatic rings. The van der Waals surface area contributed by atoms with Crippen LogP contribution >= 0.6 is 11.6 Å². The molecule has 10 heteroatoms. The largest absolute Gasteiger partial charge is 0.459 e. The van der Waals surface area contributed by atoms with Crippen LogP contribution in [0.25, 0.3) is 11.7 Å². The number of hydrogen-bond donors (Lipinski definition) is 2. The number of halogens is 1. The van der Waals surface area contributed by atoms with Gasteiger partial charge in [-0.15, -0.1) is 0 Å². The van der Waals surface area contributed by atoms with E-state index in [2.05, 4.69) is 21.7 Å². The Hall–Kier alpha value is -3.77. The number of rotatable bonds is 5. The molecule has 4 rings (SSSR count). The fraction of sp³-hybridized carbons (Fsp3) is 0.273. The van der Waals surface area contributed by atoms with Gasteiger partial charge in [0.2, 0.25) is 23.4 Å². The summed E-state index contributed by atoms with van der Waals surface area (Å²) in [6.45, 7) is 2.48. The van der Waals surface area contributed by atoms with Crippen LogP contribution in [-0.2, 0) is 9.59 Å². The van der Waals surface area contributed by atoms with E-state index in [1.807, 2.05) is 4.90 Å². The third-order valence-electron chi connectivity index (χ3n) is 5.15. The van der Waals surface area contributed by atoms with Gasteiger partial charge in [0.25, 0.3) is 5.89 Å². The summed E-state index contributed by atoms with van der Waals surface area (Å²) in [6.07, 6.45) is 2.67. The third kappa shape index (κ3) is 4.60. The van der Waals surface area contributed by atoms with Crippen LogP contribution < -0.4 is 15.5 Å². The zero-order valence-corrected chi connectivity index (χ0v) is 18.0. The van der Waals surface area contributed by atoms with E-state index in [-0.39, 0.29) is 29.3 Å². The zero-order chi connectivity index (χ0) is 22.7. The molecular formula is C22H20ClN5O4. The number of nitrogens with one attached hydrogen (secondary N) is 2. The quantitative estimate of drug-likeness (QED) is 0.590. The second-order valence-electron chi connectivity index (χ2n) is 7.39. The van der Waals surface area contributed by atoms with Gasteiger partial charge in [-0.1, -0.05) is 11.6 Å². The maximum Gasteiger partial charge on any atom is 0.266 e. The first-order valence-electron chi connectivity index (χ1n) is 10.0. The number of nitriles is 1. The highest BCUT2D eigenvalue weighted by Crippen LogP contribution is 2.32. The third-order valence-corrected chi connectivity index (χ3v) is 5.46. The Balaban J connectivity index is 1.38. The summed E-state index contributed by atoms with van der Waals surface area (Å²) < 4.78 is 11.1. The highest BCUT2D eigenvalue weighted by Gasteiger charge is 2.29. The van der Waals surface area contributed by atoms with Gasteiger partial charge in [0, 0.05) is 31.6 Å². The smallest absolute Gasteiger partial charge is 0.266 e. The first kappa shape index (κ1) is 21.5. The zero-order valence-electron chi connectivity index (χ0n) is 17.2. The van der Waals surface area contributed by atoms with Crippen LogP contribution in [0.5, 0.6) is 0 Å². The van der Waals surface area contributed by atoms with E-state index in [1.165, 1.54) is 13.2 Å². The second kappa shape index (κ2) is 9.16. The molecule has 1 aliphatic heterocycles. The van der Waals surface area contributed by atoms with Crippen LogP contribution in [0.1, 0.15) is 25.5 Å². The summed E-state index contributed by atoms with van der Waals surface area (Å²) in [4.78, 5) is 30.0. The second-order valence-corrected chi connectivity index (χ2v) is 7.80. The Labute approximate surface area is 189 Å². The first-order valence-corrected chi connectivity index (χ1v) is 10.4. The van der Waals surface area contributed by atoms with E-state index in [9.17, 15) is 14.9 Å². The van der Waals surface area contributed by atoms with Crippen LogP contribution in [0.15, 0.2) is 45.4 Å². The van der Waals surface area contributed by atoms with Crippen LogP contribution in [-0.4, -0.2) is 29.9 Å². The number of nitrogens with zero attached hydrogens (tertiary/aromatic N) is 3. The van der Waals surface area contributed by atoms with Gasteiger partial charge in [-0.05, 0) is 43.2 Å². The molecular weight excluding hydrogens is 434 g/mol. The predicted octanol–water partition coefficient (Wildman–Crippen LogP) is 4.27. The lowest BCUT2D eigenvalue weighted by Gasteiger charge is -2.31. The summed E-state index contributed by atoms with van der Waals surface area (Å²) in [5.41, 5.74) is 1.23. The van der Waals surface area contributed by atoms with Crippen molar-refractivity contribution in [1.82, 2.24) is 4.98 Å². The normalized spacial score (nSPS) is 14.1. The Bertz CT molecular complexity index is 1170. The van der Waals surface area contributed by atoms with Gasteiger partial charge in [0.05, 0.1) is 17.0 Å². The SMILES string of the molecule is CC(=O)Nc1ccc(NC(=O)C2CCN(c3oc(-c4ccco4)nc3C#N)CC2)c(Cl)c1. The molecule has 0 atom stereocenters. The number of carbonyl (C=O) groups excluding carboxylic acids is 2. The first-order chi connectivity index (χ1) is 15.4. The molecule has 2 amide bonds. The molecule has 0 radical (unpaired) electrons. The van der Waals surface area contributed by atoms with Gasteiger partial charge < -0.3 is 24.4 Å². The van der Waals surface area contributed by atoms with Gasteiger partial charge in [-0.25, -0.2) is 0 Å². The summed E-state index contributed by atoms with van der Waals surface area (Å²) in [5, 5.41) is 15.3. The van der Waals surface area contributed by atoms with Crippen molar-refractivity contribution in [2.75, 3.05) is 28.6 Å². The van der Waals surface area contributed by atoms with E-state index in [4.69, 9.17) is 20.4 Å². The van der Waals surface area contributed by atoms with Crippen LogP contribution in [0.4, 0.5) is 17.3 Å². The van der Waals surface area contributed by atoms with Crippen LogP contribution in [0.2, 0.25) is 5.02 Å². The lowest BCUT2D eigenvalue weighted by Crippen LogP contribution is -2.38. The van der Waals surface area contributed by atoms with Crippen molar-refractivity contribution in [3.63, 3.8) is 0 Å². The van der Waals surface area contributed by atoms with Gasteiger partial charge >= 0.3 is 0 Å². The average molecular weight is 454 g/mol. The number of hydrogen-bond acceptors (Lipinski definition) is 7. The Morgan fingerprint density at radius 2 is 2.03 bits per heavy atom. The van der Waals surface area contributed by atoms with E-state index in [0.29, 0.717) is 54.0 Å². The summed E-state index contributed by atoms with van der Waals surface area (Å²) >= 11 is 6.25. The van der Waals surface area contributed by atoms with Crippen LogP contribution in [0.3, 0.4) is 0 Å². The summed E-state index contributed by atoms with van der Waals surface area (Å²) in [7, 11) is 0. The van der Waals surface area contributed by atoms with Crippen molar-refractivity contribution in [3.05, 3.63) is 47.3 Å². The number of benzene rings is 1. The lowest BCUT2D eigenvalue weighted by atomic mass is 9.96. The van der Waals surface area contributed by atoms with Gasteiger partial charge in [-0.2, -0.15) is 10.2 Å². The number of aromatic nitrogens is 1. The molecule has 1 fully saturated rings. The molecule has 0 spiro atoms. The molecule has 32 heavy (non-hydrogen) atoms. The van der Waals surface area contributed by atoms with Gasteiger partial charge in [0.15, 0.2) is 5.76 Å². The number of oxazole rings is 1. The highest BCUT2D eigenvalue weighted by molar-refractivity contribution is 6.34. The fourth-order valence-electron chi connectivity index (χ4n) is 3.58. The molecule has 164 valence electrons. The van der Waals surface area contributed by atoms with Crippen molar-refractivity contribution in [2.45, 2.75) is 19.8 Å². The molecule has 9 nitrogen and oxygen atoms in total. The molecule has 3 aromatic rings. The van der Waals surface area contributed by atoms with Crippen molar-refractivity contribution in [3.8, 4) is 17.7 Å². The van der Waals surface area contributed by atoms with Crippen LogP contribution in [0, 0.1) is 17.2 Å². The maximum absolute atomic E-state index is 12.7. The molecule has 1 aromatic carbocycles. The Morgan fingerprint density at radius 3 is 2.66 bits per heavy atom. The Kier molecular flexibility index (Phi) is 6.14. The maximum atomic E-state index is 12.7. The Morgan fingerprint density at radius 1 is 1.25 bits per heavy atom. The summed E-state index contributed by atoms with van der Waals surface area (Å²) in [6, 6.07) is 10.4. The minimum Gasteiger partial charge on any atom is -0.459 e. The number of furan rings is 1. The van der Waals surface area contributed by atoms with Gasteiger partial charge in [-0.3, -0.25) is 9.59 Å². The topological polar surface area (TPSA) is 124 Å². The average Bonchev–Trinajstić information content (AvgIpc) is 3.45. The molecule has 2 aromatic heterocycles. The molecule has 2 N–H and O–H groups in total. The van der Waals surface area contributed by atoms with Crippen molar-refractivity contribution < 1.29 is 18.4 Å². The molecule has 0 saturated carbocycles. The number of carbonyl (C=O) groups is 2. The molecule has 1 saturated heterocycles. The highest BCUT2D eigenvalue weighted by atomic mass is 35.5. The van der Waals surface area contributed by atoms with E-state index in [1.54, 1.807) is 30.3 Å². The van der Waals surface area contributed by atoms with Crippen molar-refractivity contribution >= 4 is 40.7 Å². The number of piperidine rings is 1. The summed E-state index contributed by atoms with van der Waals surface area (Å²) in [5.74, 6) is 0.535. The predicted molar refractivity (Wildman–Crippen MR) is 118 cm³/mol.